The Labute approximate surface area is 203 Å². The number of benzene rings is 1. The lowest BCUT2D eigenvalue weighted by Gasteiger charge is -2.35. The molecule has 3 aliphatic heterocycles. The molecular formula is C27H38O6Si. The van der Waals surface area contributed by atoms with E-state index in [0.717, 1.165) is 43.7 Å². The van der Waals surface area contributed by atoms with Crippen LogP contribution in [-0.2, 0) is 27.5 Å². The minimum atomic E-state index is -3.07. The Bertz CT molecular complexity index is 774. The fourth-order valence-electron chi connectivity index (χ4n) is 6.61. The average molecular weight is 487 g/mol. The van der Waals surface area contributed by atoms with Crippen molar-refractivity contribution in [1.29, 1.82) is 0 Å². The fraction of sp³-hybridized carbons (Fsp3) is 0.778. The lowest BCUT2D eigenvalue weighted by Crippen LogP contribution is -2.58. The van der Waals surface area contributed by atoms with Gasteiger partial charge in [0.2, 0.25) is 0 Å². The normalized spacial score (nSPS) is 43.7. The molecule has 34 heavy (non-hydrogen) atoms. The zero-order valence-electron chi connectivity index (χ0n) is 20.0. The number of ether oxygens (including phenoxy) is 3. The molecule has 0 radical (unpaired) electrons. The first-order valence-electron chi connectivity index (χ1n) is 13.7. The minimum absolute atomic E-state index is 0.458. The highest BCUT2D eigenvalue weighted by atomic mass is 28.4. The Balaban J connectivity index is 1.08. The smallest absolute Gasteiger partial charge is 0.370 e. The summed E-state index contributed by atoms with van der Waals surface area (Å²) < 4.78 is 37.9. The van der Waals surface area contributed by atoms with Crippen molar-refractivity contribution in [2.75, 3.05) is 19.8 Å². The van der Waals surface area contributed by atoms with Gasteiger partial charge in [0.25, 0.3) is 0 Å². The van der Waals surface area contributed by atoms with Gasteiger partial charge in [0.1, 0.15) is 0 Å². The summed E-state index contributed by atoms with van der Waals surface area (Å²) in [7, 11) is -3.07. The first-order chi connectivity index (χ1) is 16.7. The Morgan fingerprint density at radius 2 is 0.971 bits per heavy atom. The molecule has 9 unspecified atom stereocenters. The van der Waals surface area contributed by atoms with Gasteiger partial charge in [-0.2, -0.15) is 0 Å². The van der Waals surface area contributed by atoms with E-state index in [1.165, 1.54) is 19.3 Å². The van der Waals surface area contributed by atoms with Crippen LogP contribution in [0.15, 0.2) is 30.3 Å². The van der Waals surface area contributed by atoms with Gasteiger partial charge in [-0.1, -0.05) is 30.3 Å². The minimum Gasteiger partial charge on any atom is -0.370 e. The van der Waals surface area contributed by atoms with Gasteiger partial charge >= 0.3 is 8.80 Å². The summed E-state index contributed by atoms with van der Waals surface area (Å²) in [6.07, 6.45) is 13.2. The topological polar surface area (TPSA) is 65.3 Å². The summed E-state index contributed by atoms with van der Waals surface area (Å²) >= 11 is 0. The Morgan fingerprint density at radius 3 is 1.35 bits per heavy atom. The highest BCUT2D eigenvalue weighted by Gasteiger charge is 2.51. The van der Waals surface area contributed by atoms with Crippen LogP contribution < -0.4 is 5.19 Å². The van der Waals surface area contributed by atoms with Gasteiger partial charge in [-0.05, 0) is 75.5 Å². The molecule has 0 N–H and O–H groups in total. The van der Waals surface area contributed by atoms with E-state index >= 15 is 0 Å². The van der Waals surface area contributed by atoms with E-state index in [4.69, 9.17) is 27.5 Å². The fourth-order valence-corrected chi connectivity index (χ4v) is 9.33. The Morgan fingerprint density at radius 1 is 0.559 bits per heavy atom. The van der Waals surface area contributed by atoms with Crippen molar-refractivity contribution in [3.8, 4) is 0 Å². The molecule has 7 rings (SSSR count). The highest BCUT2D eigenvalue weighted by molar-refractivity contribution is 6.75. The van der Waals surface area contributed by atoms with Gasteiger partial charge < -0.3 is 27.5 Å². The van der Waals surface area contributed by atoms with Crippen molar-refractivity contribution < 1.29 is 27.5 Å². The number of hydrogen-bond donors (Lipinski definition) is 0. The molecule has 0 spiro atoms. The molecule has 9 atom stereocenters. The van der Waals surface area contributed by atoms with E-state index in [0.29, 0.717) is 74.2 Å². The second kappa shape index (κ2) is 9.25. The third-order valence-electron chi connectivity index (χ3n) is 8.99. The average Bonchev–Trinajstić information content (AvgIpc) is 3.76. The van der Waals surface area contributed by atoms with Crippen molar-refractivity contribution in [3.05, 3.63) is 30.3 Å². The van der Waals surface area contributed by atoms with Gasteiger partial charge in [0.15, 0.2) is 0 Å². The first kappa shape index (κ1) is 22.4. The van der Waals surface area contributed by atoms with Crippen LogP contribution in [0.1, 0.15) is 57.8 Å². The van der Waals surface area contributed by atoms with Gasteiger partial charge in [-0.15, -0.1) is 0 Å². The van der Waals surface area contributed by atoms with E-state index in [9.17, 15) is 0 Å². The number of fused-ring (bicyclic) bond motifs is 3. The summed E-state index contributed by atoms with van der Waals surface area (Å²) in [6, 6.07) is 10.5. The van der Waals surface area contributed by atoms with Crippen LogP contribution in [0.4, 0.5) is 0 Å². The lowest BCUT2D eigenvalue weighted by molar-refractivity contribution is 0.0316. The predicted octanol–water partition coefficient (Wildman–Crippen LogP) is 3.58. The van der Waals surface area contributed by atoms with Crippen molar-refractivity contribution in [1.82, 2.24) is 0 Å². The summed E-state index contributed by atoms with van der Waals surface area (Å²) in [5, 5.41) is 1.10. The molecule has 0 amide bonds. The maximum absolute atomic E-state index is 6.86. The Hall–Kier alpha value is -0.803. The molecule has 3 heterocycles. The predicted molar refractivity (Wildman–Crippen MR) is 128 cm³/mol. The highest BCUT2D eigenvalue weighted by Crippen LogP contribution is 2.42. The standard InChI is InChI=1S/C27H38O6Si/c1-2-4-21(5-3-1)34(28-15-18-6-9-22-25(12-18)31-22,29-16-19-7-10-23-26(13-19)32-23)30-17-20-8-11-24-27(14-20)33-24/h1-5,18-20,22-27H,6-17H2. The molecule has 7 heteroatoms. The van der Waals surface area contributed by atoms with Gasteiger partial charge in [0, 0.05) is 25.0 Å². The molecule has 3 saturated carbocycles. The molecule has 6 aliphatic rings. The first-order valence-corrected chi connectivity index (χ1v) is 15.4. The molecule has 3 saturated heterocycles. The zero-order chi connectivity index (χ0) is 22.5. The molecule has 1 aromatic rings. The molecule has 186 valence electrons. The summed E-state index contributed by atoms with van der Waals surface area (Å²) in [6.45, 7) is 2.10. The van der Waals surface area contributed by atoms with E-state index in [2.05, 4.69) is 30.3 Å². The SMILES string of the molecule is c1ccc([Si](OCC2CCC3OC3C2)(OCC2CCC3OC3C2)OCC2CCC3OC3C2)cc1. The third-order valence-corrected chi connectivity index (χ3v) is 11.7. The monoisotopic (exact) mass is 486 g/mol. The van der Waals surface area contributed by atoms with Crippen LogP contribution in [-0.4, -0.2) is 65.2 Å². The van der Waals surface area contributed by atoms with Crippen molar-refractivity contribution in [3.63, 3.8) is 0 Å². The van der Waals surface area contributed by atoms with Crippen LogP contribution in [0.25, 0.3) is 0 Å². The van der Waals surface area contributed by atoms with Crippen molar-refractivity contribution >= 4 is 14.0 Å². The molecule has 6 fully saturated rings. The number of hydrogen-bond acceptors (Lipinski definition) is 6. The van der Waals surface area contributed by atoms with Crippen LogP contribution in [0.5, 0.6) is 0 Å². The molecule has 6 nitrogen and oxygen atoms in total. The van der Waals surface area contributed by atoms with Gasteiger partial charge in [0.05, 0.1) is 36.6 Å². The van der Waals surface area contributed by atoms with Crippen LogP contribution in [0.3, 0.4) is 0 Å². The summed E-state index contributed by atoms with van der Waals surface area (Å²) in [5.74, 6) is 1.58. The molecule has 0 bridgehead atoms. The largest absolute Gasteiger partial charge is 0.537 e. The van der Waals surface area contributed by atoms with Gasteiger partial charge in [-0.25, -0.2) is 0 Å². The van der Waals surface area contributed by atoms with E-state index in [1.807, 2.05) is 0 Å². The lowest BCUT2D eigenvalue weighted by atomic mass is 9.90. The summed E-state index contributed by atoms with van der Waals surface area (Å²) in [4.78, 5) is 0. The second-order valence-corrected chi connectivity index (χ2v) is 14.1. The Kier molecular flexibility index (Phi) is 6.10. The zero-order valence-corrected chi connectivity index (χ0v) is 21.0. The van der Waals surface area contributed by atoms with Crippen LogP contribution >= 0.6 is 0 Å². The molecule has 0 aromatic heterocycles. The number of epoxide rings is 3. The van der Waals surface area contributed by atoms with E-state index in [1.54, 1.807) is 0 Å². The molecular weight excluding hydrogens is 448 g/mol. The van der Waals surface area contributed by atoms with Crippen LogP contribution in [0.2, 0.25) is 0 Å². The van der Waals surface area contributed by atoms with Gasteiger partial charge in [-0.3, -0.25) is 0 Å². The second-order valence-electron chi connectivity index (χ2n) is 11.5. The van der Waals surface area contributed by atoms with E-state index < -0.39 is 8.80 Å². The maximum Gasteiger partial charge on any atom is 0.537 e. The molecule has 3 aliphatic carbocycles. The summed E-state index contributed by atoms with van der Waals surface area (Å²) in [5.41, 5.74) is 0. The van der Waals surface area contributed by atoms with Crippen LogP contribution in [0, 0.1) is 17.8 Å². The quantitative estimate of drug-likeness (QED) is 0.372. The molecule has 1 aromatic carbocycles. The van der Waals surface area contributed by atoms with E-state index in [-0.39, 0.29) is 0 Å². The maximum atomic E-state index is 6.86. The number of rotatable bonds is 10. The van der Waals surface area contributed by atoms with Crippen molar-refractivity contribution in [2.45, 2.75) is 94.4 Å². The van der Waals surface area contributed by atoms with Crippen molar-refractivity contribution in [2.24, 2.45) is 17.8 Å². The third kappa shape index (κ3) is 4.90.